The van der Waals surface area contributed by atoms with Crippen molar-refractivity contribution < 1.29 is 0 Å². The topological polar surface area (TPSA) is 22.8 Å². The van der Waals surface area contributed by atoms with E-state index in [9.17, 15) is 0 Å². The smallest absolute Gasteiger partial charge is 0.138 e. The van der Waals surface area contributed by atoms with Gasteiger partial charge in [0.15, 0.2) is 0 Å². The molecule has 48 heavy (non-hydrogen) atoms. The third kappa shape index (κ3) is 4.60. The first-order valence-corrected chi connectivity index (χ1v) is 17.4. The predicted octanol–water partition coefficient (Wildman–Crippen LogP) is 12.7. The molecule has 0 saturated carbocycles. The normalized spacial score (nSPS) is 12.5. The fraction of sp³-hybridized carbons (Fsp3) is 0.0682. The van der Waals surface area contributed by atoms with Crippen LogP contribution < -0.4 is 0 Å². The SMILES string of the molecule is C/C=C\C=C(/CC)n1ccc2cc3c(cc21)c1cc2c(cc1n3-c1cc(-c3ccccc3)cc(-c3ccccc3)n1)sc1ccccc12. The Morgan fingerprint density at radius 2 is 1.38 bits per heavy atom. The van der Waals surface area contributed by atoms with Crippen molar-refractivity contribution in [3.05, 3.63) is 152 Å². The van der Waals surface area contributed by atoms with Crippen LogP contribution in [0, 0.1) is 0 Å². The first-order chi connectivity index (χ1) is 23.7. The molecule has 9 rings (SSSR count). The molecule has 0 N–H and O–H groups in total. The third-order valence-corrected chi connectivity index (χ3v) is 10.6. The van der Waals surface area contributed by atoms with Crippen molar-refractivity contribution >= 4 is 69.9 Å². The zero-order valence-electron chi connectivity index (χ0n) is 26.9. The molecule has 0 radical (unpaired) electrons. The van der Waals surface area contributed by atoms with Gasteiger partial charge in [-0.05, 0) is 79.1 Å². The van der Waals surface area contributed by atoms with Crippen LogP contribution >= 0.6 is 11.3 Å². The minimum Gasteiger partial charge on any atom is -0.320 e. The Hall–Kier alpha value is -5.71. The summed E-state index contributed by atoms with van der Waals surface area (Å²) in [5.41, 5.74) is 9.18. The van der Waals surface area contributed by atoms with Gasteiger partial charge in [0.1, 0.15) is 5.82 Å². The molecule has 4 aromatic heterocycles. The number of pyridine rings is 1. The molecule has 0 atom stereocenters. The fourth-order valence-corrected chi connectivity index (χ4v) is 8.24. The van der Waals surface area contributed by atoms with Gasteiger partial charge in [0, 0.05) is 53.8 Å². The van der Waals surface area contributed by atoms with E-state index in [0.717, 1.165) is 34.6 Å². The highest BCUT2D eigenvalue weighted by Crippen LogP contribution is 2.42. The summed E-state index contributed by atoms with van der Waals surface area (Å²) in [6, 6.07) is 46.2. The predicted molar refractivity (Wildman–Crippen MR) is 207 cm³/mol. The van der Waals surface area contributed by atoms with E-state index in [-0.39, 0.29) is 0 Å². The van der Waals surface area contributed by atoms with Crippen LogP contribution in [-0.4, -0.2) is 14.1 Å². The van der Waals surface area contributed by atoms with Crippen LogP contribution in [0.4, 0.5) is 0 Å². The highest BCUT2D eigenvalue weighted by molar-refractivity contribution is 7.25. The molecule has 0 spiro atoms. The first kappa shape index (κ1) is 28.5. The maximum atomic E-state index is 5.40. The van der Waals surface area contributed by atoms with Gasteiger partial charge in [-0.25, -0.2) is 4.98 Å². The first-order valence-electron chi connectivity index (χ1n) is 16.6. The van der Waals surface area contributed by atoms with Crippen molar-refractivity contribution in [3.63, 3.8) is 0 Å². The molecular weight excluding hydrogens is 603 g/mol. The Labute approximate surface area is 283 Å². The number of allylic oxidation sites excluding steroid dienone is 4. The van der Waals surface area contributed by atoms with Gasteiger partial charge in [0.05, 0.1) is 22.2 Å². The van der Waals surface area contributed by atoms with Gasteiger partial charge >= 0.3 is 0 Å². The zero-order chi connectivity index (χ0) is 32.2. The van der Waals surface area contributed by atoms with E-state index in [4.69, 9.17) is 4.98 Å². The molecule has 0 aliphatic rings. The average molecular weight is 636 g/mol. The number of fused-ring (bicyclic) bond motifs is 7. The summed E-state index contributed by atoms with van der Waals surface area (Å²) >= 11 is 1.86. The number of benzene rings is 5. The van der Waals surface area contributed by atoms with Crippen LogP contribution in [0.3, 0.4) is 0 Å². The second kappa shape index (κ2) is 11.5. The van der Waals surface area contributed by atoms with Crippen molar-refractivity contribution in [3.8, 4) is 28.2 Å². The lowest BCUT2D eigenvalue weighted by Crippen LogP contribution is -2.00. The summed E-state index contributed by atoms with van der Waals surface area (Å²) in [6.45, 7) is 4.29. The lowest BCUT2D eigenvalue weighted by atomic mass is 10.0. The quantitative estimate of drug-likeness (QED) is 0.167. The van der Waals surface area contributed by atoms with Gasteiger partial charge in [-0.15, -0.1) is 11.3 Å². The van der Waals surface area contributed by atoms with E-state index in [1.165, 1.54) is 58.6 Å². The second-order valence-corrected chi connectivity index (χ2v) is 13.4. The van der Waals surface area contributed by atoms with Crippen molar-refractivity contribution in [1.82, 2.24) is 14.1 Å². The van der Waals surface area contributed by atoms with Crippen molar-refractivity contribution in [1.29, 1.82) is 0 Å². The molecule has 0 aliphatic heterocycles. The van der Waals surface area contributed by atoms with Crippen molar-refractivity contribution in [2.45, 2.75) is 20.3 Å². The van der Waals surface area contributed by atoms with Crippen LogP contribution in [0.1, 0.15) is 20.3 Å². The summed E-state index contributed by atoms with van der Waals surface area (Å²) in [5, 5.41) is 6.28. The molecule has 5 aromatic carbocycles. The standard InChI is InChI=1S/C44H33N3S/c1-3-5-18-33(4-2)46-22-21-31-24-40-36(27-39(31)46)35-26-37-34-19-12-13-20-42(34)48-43(37)28-41(35)47(40)44-25-32(29-14-8-6-9-15-29)23-38(45-44)30-16-10-7-11-17-30/h3,5-28H,4H2,1-2H3/b5-3-,33-18+. The number of hydrogen-bond donors (Lipinski definition) is 0. The van der Waals surface area contributed by atoms with E-state index in [1.54, 1.807) is 0 Å². The Morgan fingerprint density at radius 1 is 0.646 bits per heavy atom. The minimum absolute atomic E-state index is 0.914. The fourth-order valence-electron chi connectivity index (χ4n) is 7.12. The maximum absolute atomic E-state index is 5.40. The second-order valence-electron chi connectivity index (χ2n) is 12.3. The van der Waals surface area contributed by atoms with Gasteiger partial charge in [0.25, 0.3) is 0 Å². The van der Waals surface area contributed by atoms with Crippen LogP contribution in [0.2, 0.25) is 0 Å². The Balaban J connectivity index is 1.40. The summed E-state index contributed by atoms with van der Waals surface area (Å²) < 4.78 is 7.33. The van der Waals surface area contributed by atoms with Crippen molar-refractivity contribution in [2.75, 3.05) is 0 Å². The van der Waals surface area contributed by atoms with Gasteiger partial charge < -0.3 is 4.57 Å². The van der Waals surface area contributed by atoms with E-state index in [0.29, 0.717) is 0 Å². The van der Waals surface area contributed by atoms with Crippen LogP contribution in [-0.2, 0) is 0 Å². The molecular formula is C44H33N3S. The molecule has 4 heterocycles. The number of hydrogen-bond acceptors (Lipinski definition) is 2. The highest BCUT2D eigenvalue weighted by atomic mass is 32.1. The summed E-state index contributed by atoms with van der Waals surface area (Å²) in [7, 11) is 0. The average Bonchev–Trinajstić information content (AvgIpc) is 3.81. The lowest BCUT2D eigenvalue weighted by Gasteiger charge is -2.13. The molecule has 0 amide bonds. The van der Waals surface area contributed by atoms with Gasteiger partial charge in [-0.1, -0.05) is 97.9 Å². The molecule has 230 valence electrons. The molecule has 4 heteroatoms. The van der Waals surface area contributed by atoms with Gasteiger partial charge in [0.2, 0.25) is 0 Å². The van der Waals surface area contributed by atoms with E-state index < -0.39 is 0 Å². The molecule has 3 nitrogen and oxygen atoms in total. The van der Waals surface area contributed by atoms with Crippen LogP contribution in [0.15, 0.2) is 152 Å². The van der Waals surface area contributed by atoms with Crippen LogP contribution in [0.25, 0.3) is 86.8 Å². The van der Waals surface area contributed by atoms with Gasteiger partial charge in [-0.2, -0.15) is 0 Å². The lowest BCUT2D eigenvalue weighted by molar-refractivity contribution is 1.05. The maximum Gasteiger partial charge on any atom is 0.138 e. The molecule has 0 bridgehead atoms. The molecule has 0 saturated heterocycles. The van der Waals surface area contributed by atoms with Gasteiger partial charge in [-0.3, -0.25) is 4.57 Å². The molecule has 0 unspecified atom stereocenters. The Bertz CT molecular complexity index is 2650. The summed E-state index contributed by atoms with van der Waals surface area (Å²) in [5.74, 6) is 0.914. The third-order valence-electron chi connectivity index (χ3n) is 9.45. The molecule has 0 aliphatic carbocycles. The Kier molecular flexibility index (Phi) is 6.84. The molecule has 9 aromatic rings. The molecule has 0 fully saturated rings. The van der Waals surface area contributed by atoms with E-state index in [2.05, 4.69) is 175 Å². The minimum atomic E-state index is 0.914. The zero-order valence-corrected chi connectivity index (χ0v) is 27.7. The van der Waals surface area contributed by atoms with Crippen LogP contribution in [0.5, 0.6) is 0 Å². The summed E-state index contributed by atoms with van der Waals surface area (Å²) in [4.78, 5) is 5.40. The van der Waals surface area contributed by atoms with E-state index >= 15 is 0 Å². The Morgan fingerprint density at radius 3 is 2.17 bits per heavy atom. The number of rotatable bonds is 6. The number of thiophene rings is 1. The van der Waals surface area contributed by atoms with E-state index in [1.807, 2.05) is 11.3 Å². The number of nitrogens with zero attached hydrogens (tertiary/aromatic N) is 3. The monoisotopic (exact) mass is 635 g/mol. The largest absolute Gasteiger partial charge is 0.320 e. The highest BCUT2D eigenvalue weighted by Gasteiger charge is 2.20. The summed E-state index contributed by atoms with van der Waals surface area (Å²) in [6.07, 6.45) is 9.58. The van der Waals surface area contributed by atoms with Crippen molar-refractivity contribution in [2.24, 2.45) is 0 Å². The number of aromatic nitrogens is 3.